The van der Waals surface area contributed by atoms with E-state index < -0.39 is 48.2 Å². The second kappa shape index (κ2) is 21.5. The zero-order chi connectivity index (χ0) is 39.4. The molecule has 1 heterocycles. The molecule has 4 rings (SSSR count). The number of carbonyl (C=O) groups is 6. The Kier molecular flexibility index (Phi) is 16.0. The molecule has 0 saturated heterocycles. The molecule has 7 N–H and O–H groups in total. The molecule has 290 valence electrons. The van der Waals surface area contributed by atoms with E-state index in [-0.39, 0.29) is 51.3 Å². The van der Waals surface area contributed by atoms with E-state index in [1.54, 1.807) is 72.8 Å². The van der Waals surface area contributed by atoms with Gasteiger partial charge in [-0.25, -0.2) is 24.2 Å². The summed E-state index contributed by atoms with van der Waals surface area (Å²) in [5, 5.41) is 12.0. The zero-order valence-electron chi connectivity index (χ0n) is 30.1. The Bertz CT molecular complexity index is 1770. The molecule has 1 unspecified atom stereocenters. The maximum atomic E-state index is 13.7. The van der Waals surface area contributed by atoms with Crippen LogP contribution in [0.5, 0.6) is 0 Å². The number of rotatable bonds is 14. The van der Waals surface area contributed by atoms with Gasteiger partial charge in [-0.05, 0) is 36.0 Å². The molecule has 3 aromatic rings. The summed E-state index contributed by atoms with van der Waals surface area (Å²) in [6.45, 7) is -0.198. The molecule has 1 aliphatic rings. The highest BCUT2D eigenvalue weighted by Gasteiger charge is 2.34. The number of hydrogen-bond acceptors (Lipinski definition) is 11. The standard InChI is InChI=1S/C37H43N9O9/c1-46(29-21-40-34(42-30(29)47)43-32(38)49)31(48)28(41-35(50)53-22-25-13-5-2-6-14-25)19-11-12-20-39-33(44-36(51)54-23-26-15-7-3-8-16-26)45-37(52)55-24-27-17-9-4-10-18-27/h2-10,13-18,28-29H,11-12,19-24H2,1H3,(H,41,50)(H2,39,44,45,51,52)(H4,38,40,42,43,47,49)/t28-,29?/m0/s1. The van der Waals surface area contributed by atoms with Gasteiger partial charge < -0.3 is 30.2 Å². The van der Waals surface area contributed by atoms with Crippen molar-refractivity contribution < 1.29 is 43.0 Å². The Hall–Kier alpha value is -6.98. The molecule has 18 heteroatoms. The average Bonchev–Trinajstić information content (AvgIpc) is 3.18. The van der Waals surface area contributed by atoms with Gasteiger partial charge in [0.2, 0.25) is 17.8 Å². The fourth-order valence-electron chi connectivity index (χ4n) is 5.02. The summed E-state index contributed by atoms with van der Waals surface area (Å²) in [6.07, 6.45) is -1.85. The third-order valence-corrected chi connectivity index (χ3v) is 7.86. The predicted molar refractivity (Wildman–Crippen MR) is 199 cm³/mol. The number of nitrogens with zero attached hydrogens (tertiary/aromatic N) is 3. The van der Waals surface area contributed by atoms with E-state index in [0.717, 1.165) is 21.6 Å². The lowest BCUT2D eigenvalue weighted by Gasteiger charge is -2.32. The van der Waals surface area contributed by atoms with Crippen molar-refractivity contribution >= 4 is 48.0 Å². The van der Waals surface area contributed by atoms with Crippen LogP contribution < -0.4 is 32.3 Å². The van der Waals surface area contributed by atoms with Gasteiger partial charge in [0, 0.05) is 13.6 Å². The molecule has 0 aromatic heterocycles. The van der Waals surface area contributed by atoms with Crippen LogP contribution in [-0.4, -0.2) is 85.2 Å². The number of hydrogen-bond donors (Lipinski definition) is 6. The van der Waals surface area contributed by atoms with E-state index in [1.165, 1.54) is 7.05 Å². The van der Waals surface area contributed by atoms with Crippen molar-refractivity contribution in [3.05, 3.63) is 108 Å². The highest BCUT2D eigenvalue weighted by Crippen LogP contribution is 2.11. The Balaban J connectivity index is 1.38. The fourth-order valence-corrected chi connectivity index (χ4v) is 5.02. The number of unbranched alkanes of at least 4 members (excludes halogenated alkanes) is 1. The molecule has 0 bridgehead atoms. The van der Waals surface area contributed by atoms with Gasteiger partial charge in [-0.3, -0.25) is 35.8 Å². The number of ether oxygens (including phenoxy) is 3. The van der Waals surface area contributed by atoms with Crippen LogP contribution in [0.3, 0.4) is 0 Å². The first-order valence-corrected chi connectivity index (χ1v) is 17.2. The maximum absolute atomic E-state index is 13.7. The Labute approximate surface area is 316 Å². The van der Waals surface area contributed by atoms with Gasteiger partial charge in [-0.1, -0.05) is 91.0 Å². The van der Waals surface area contributed by atoms with Crippen molar-refractivity contribution in [3.8, 4) is 0 Å². The minimum atomic E-state index is -1.13. The summed E-state index contributed by atoms with van der Waals surface area (Å²) >= 11 is 0. The number of primary amides is 1. The summed E-state index contributed by atoms with van der Waals surface area (Å²) in [6, 6.07) is 23.9. The van der Waals surface area contributed by atoms with E-state index in [0.29, 0.717) is 12.8 Å². The number of amides is 7. The van der Waals surface area contributed by atoms with Crippen LogP contribution in [0.1, 0.15) is 36.0 Å². The van der Waals surface area contributed by atoms with E-state index in [1.807, 2.05) is 18.2 Å². The highest BCUT2D eigenvalue weighted by atomic mass is 16.6. The molecule has 3 aromatic carbocycles. The van der Waals surface area contributed by atoms with Gasteiger partial charge >= 0.3 is 24.3 Å². The number of aliphatic imine (C=N–C) groups is 2. The van der Waals surface area contributed by atoms with Crippen molar-refractivity contribution in [2.24, 2.45) is 15.7 Å². The molecule has 0 aliphatic carbocycles. The summed E-state index contributed by atoms with van der Waals surface area (Å²) < 4.78 is 15.9. The Morgan fingerprint density at radius 1 is 0.800 bits per heavy atom. The first kappa shape index (κ1) is 40.8. The SMILES string of the molecule is CN(C(=O)[C@H](CCCCN=C(NC(=O)OCc1ccccc1)NC(=O)OCc1ccccc1)NC(=O)OCc1ccccc1)C1CN=C(NC(N)=O)NC1=O. The molecule has 1 aliphatic heterocycles. The summed E-state index contributed by atoms with van der Waals surface area (Å²) in [7, 11) is 1.39. The maximum Gasteiger partial charge on any atom is 0.414 e. The van der Waals surface area contributed by atoms with Gasteiger partial charge in [0.25, 0.3) is 5.91 Å². The summed E-state index contributed by atoms with van der Waals surface area (Å²) in [4.78, 5) is 85.2. The first-order chi connectivity index (χ1) is 26.6. The first-order valence-electron chi connectivity index (χ1n) is 17.2. The van der Waals surface area contributed by atoms with E-state index in [9.17, 15) is 28.8 Å². The smallest absolute Gasteiger partial charge is 0.414 e. The molecule has 0 radical (unpaired) electrons. The Morgan fingerprint density at radius 2 is 1.29 bits per heavy atom. The minimum absolute atomic E-state index is 0.0245. The number of benzene rings is 3. The van der Waals surface area contributed by atoms with Gasteiger partial charge in [0.15, 0.2) is 0 Å². The molecule has 0 spiro atoms. The topological polar surface area (TPSA) is 244 Å². The van der Waals surface area contributed by atoms with Crippen molar-refractivity contribution in [1.82, 2.24) is 31.5 Å². The number of likely N-dealkylation sites (N-methyl/N-ethyl adjacent to an activating group) is 1. The molecule has 0 fully saturated rings. The largest absolute Gasteiger partial charge is 0.445 e. The number of nitrogens with two attached hydrogens (primary N) is 1. The van der Waals surface area contributed by atoms with Crippen LogP contribution in [0, 0.1) is 0 Å². The molecule has 55 heavy (non-hydrogen) atoms. The predicted octanol–water partition coefficient (Wildman–Crippen LogP) is 2.64. The molecular formula is C37H43N9O9. The zero-order valence-corrected chi connectivity index (χ0v) is 30.1. The lowest BCUT2D eigenvalue weighted by Crippen LogP contribution is -2.60. The van der Waals surface area contributed by atoms with Crippen LogP contribution in [0.4, 0.5) is 19.2 Å². The van der Waals surface area contributed by atoms with Crippen LogP contribution in [0.25, 0.3) is 0 Å². The normalized spacial score (nSPS) is 13.7. The van der Waals surface area contributed by atoms with E-state index in [4.69, 9.17) is 19.9 Å². The lowest BCUT2D eigenvalue weighted by atomic mass is 10.1. The summed E-state index contributed by atoms with van der Waals surface area (Å²) in [5.74, 6) is -1.59. The lowest BCUT2D eigenvalue weighted by molar-refractivity contribution is -0.140. The van der Waals surface area contributed by atoms with Gasteiger partial charge in [0.05, 0.1) is 6.54 Å². The van der Waals surface area contributed by atoms with Crippen LogP contribution in [0.15, 0.2) is 101 Å². The van der Waals surface area contributed by atoms with Crippen LogP contribution in [0.2, 0.25) is 0 Å². The van der Waals surface area contributed by atoms with Crippen molar-refractivity contribution in [2.75, 3.05) is 20.1 Å². The van der Waals surface area contributed by atoms with Gasteiger partial charge in [-0.15, -0.1) is 0 Å². The number of urea groups is 1. The van der Waals surface area contributed by atoms with E-state index >= 15 is 0 Å². The Morgan fingerprint density at radius 3 is 1.76 bits per heavy atom. The molecule has 7 amide bonds. The number of nitrogens with one attached hydrogen (secondary N) is 5. The van der Waals surface area contributed by atoms with Crippen LogP contribution in [-0.2, 0) is 43.6 Å². The summed E-state index contributed by atoms with van der Waals surface area (Å²) in [5.41, 5.74) is 7.33. The van der Waals surface area contributed by atoms with Gasteiger partial charge in [0.1, 0.15) is 31.9 Å². The third-order valence-electron chi connectivity index (χ3n) is 7.86. The minimum Gasteiger partial charge on any atom is -0.445 e. The second-order valence-electron chi connectivity index (χ2n) is 12.0. The van der Waals surface area contributed by atoms with Crippen molar-refractivity contribution in [1.29, 1.82) is 0 Å². The third kappa shape index (κ3) is 14.5. The molecular weight excluding hydrogens is 714 g/mol. The van der Waals surface area contributed by atoms with E-state index in [2.05, 4.69) is 36.6 Å². The van der Waals surface area contributed by atoms with Crippen molar-refractivity contribution in [3.63, 3.8) is 0 Å². The fraction of sp³-hybridized carbons (Fsp3) is 0.297. The van der Waals surface area contributed by atoms with Crippen LogP contribution >= 0.6 is 0 Å². The molecule has 2 atom stereocenters. The average molecular weight is 758 g/mol. The number of alkyl carbamates (subject to hydrolysis) is 3. The quantitative estimate of drug-likeness (QED) is 0.0612. The molecule has 18 nitrogen and oxygen atoms in total. The van der Waals surface area contributed by atoms with Crippen molar-refractivity contribution in [2.45, 2.75) is 51.2 Å². The highest BCUT2D eigenvalue weighted by molar-refractivity contribution is 6.07. The van der Waals surface area contributed by atoms with Gasteiger partial charge in [-0.2, -0.15) is 0 Å². The second-order valence-corrected chi connectivity index (χ2v) is 12.0. The monoisotopic (exact) mass is 757 g/mol. The number of guanidine groups is 2. The molecule has 0 saturated carbocycles. The number of carbonyl (C=O) groups excluding carboxylic acids is 6.